The molecule has 2 aromatic rings. The minimum atomic E-state index is 0.635. The third-order valence-electron chi connectivity index (χ3n) is 4.66. The van der Waals surface area contributed by atoms with Crippen molar-refractivity contribution in [2.75, 3.05) is 13.1 Å². The van der Waals surface area contributed by atoms with E-state index in [9.17, 15) is 0 Å². The average Bonchev–Trinajstić information content (AvgIpc) is 3.23. The number of aromatic nitrogens is 2. The molecule has 1 aliphatic carbocycles. The van der Waals surface area contributed by atoms with Gasteiger partial charge < -0.3 is 15.2 Å². The van der Waals surface area contributed by atoms with Crippen LogP contribution in [-0.4, -0.2) is 33.5 Å². The Kier molecular flexibility index (Phi) is 3.28. The van der Waals surface area contributed by atoms with Crippen molar-refractivity contribution in [1.29, 1.82) is 0 Å². The van der Waals surface area contributed by atoms with Gasteiger partial charge in [-0.05, 0) is 37.0 Å². The van der Waals surface area contributed by atoms with Crippen molar-refractivity contribution in [3.05, 3.63) is 29.6 Å². The van der Waals surface area contributed by atoms with Crippen LogP contribution in [0.15, 0.2) is 23.2 Å². The fraction of sp³-hybridized carbons (Fsp3) is 0.529. The third-order valence-corrected chi connectivity index (χ3v) is 4.66. The highest BCUT2D eigenvalue weighted by Gasteiger charge is 2.27. The molecule has 2 aliphatic rings. The summed E-state index contributed by atoms with van der Waals surface area (Å²) >= 11 is 0. The number of imidazole rings is 1. The number of hydrogen-bond donors (Lipinski definition) is 1. The first kappa shape index (κ1) is 13.6. The van der Waals surface area contributed by atoms with E-state index >= 15 is 0 Å². The van der Waals surface area contributed by atoms with E-state index < -0.39 is 0 Å². The minimum absolute atomic E-state index is 0.635. The standard InChI is InChI=1S/C17H23N5/c1-2-16-20-14-10-12(11-19-17(18)21-8-3-9-21)4-7-15(14)22(16)13-5-6-13/h4,7,10,13H,2-3,5-6,8-9,11H2,1H3,(H2,18,19). The predicted octanol–water partition coefficient (Wildman–Crippen LogP) is 2.45. The molecular weight excluding hydrogens is 274 g/mol. The van der Waals surface area contributed by atoms with Gasteiger partial charge in [0.1, 0.15) is 5.82 Å². The second-order valence-corrected chi connectivity index (χ2v) is 6.32. The Labute approximate surface area is 130 Å². The molecule has 0 unspecified atom stereocenters. The van der Waals surface area contributed by atoms with E-state index in [1.54, 1.807) is 0 Å². The molecule has 5 heteroatoms. The first-order valence-corrected chi connectivity index (χ1v) is 8.31. The van der Waals surface area contributed by atoms with Crippen molar-refractivity contribution in [2.45, 2.75) is 45.2 Å². The van der Waals surface area contributed by atoms with E-state index in [0.717, 1.165) is 25.0 Å². The number of nitrogens with two attached hydrogens (primary N) is 1. The molecule has 4 rings (SSSR count). The summed E-state index contributed by atoms with van der Waals surface area (Å²) in [7, 11) is 0. The van der Waals surface area contributed by atoms with E-state index in [4.69, 9.17) is 10.7 Å². The molecule has 1 aromatic heterocycles. The Morgan fingerprint density at radius 3 is 2.82 bits per heavy atom. The number of fused-ring (bicyclic) bond motifs is 1. The van der Waals surface area contributed by atoms with Crippen molar-refractivity contribution >= 4 is 17.0 Å². The van der Waals surface area contributed by atoms with Gasteiger partial charge in [-0.3, -0.25) is 0 Å². The van der Waals surface area contributed by atoms with Crippen molar-refractivity contribution in [3.63, 3.8) is 0 Å². The highest BCUT2D eigenvalue weighted by atomic mass is 15.3. The van der Waals surface area contributed by atoms with Gasteiger partial charge in [-0.15, -0.1) is 0 Å². The lowest BCUT2D eigenvalue weighted by Crippen LogP contribution is -2.46. The van der Waals surface area contributed by atoms with Crippen LogP contribution >= 0.6 is 0 Å². The van der Waals surface area contributed by atoms with Crippen LogP contribution < -0.4 is 5.73 Å². The van der Waals surface area contributed by atoms with E-state index in [-0.39, 0.29) is 0 Å². The van der Waals surface area contributed by atoms with Gasteiger partial charge in [0.25, 0.3) is 0 Å². The number of benzene rings is 1. The lowest BCUT2D eigenvalue weighted by molar-refractivity contribution is 0.295. The van der Waals surface area contributed by atoms with Crippen LogP contribution in [-0.2, 0) is 13.0 Å². The van der Waals surface area contributed by atoms with Gasteiger partial charge in [-0.25, -0.2) is 9.98 Å². The number of nitrogens with zero attached hydrogens (tertiary/aromatic N) is 4. The maximum atomic E-state index is 5.99. The second-order valence-electron chi connectivity index (χ2n) is 6.32. The molecular formula is C17H23N5. The average molecular weight is 297 g/mol. The van der Waals surface area contributed by atoms with Gasteiger partial charge in [0.2, 0.25) is 0 Å². The quantitative estimate of drug-likeness (QED) is 0.696. The molecule has 0 amide bonds. The Hall–Kier alpha value is -2.04. The van der Waals surface area contributed by atoms with Crippen LogP contribution in [0.25, 0.3) is 11.0 Å². The van der Waals surface area contributed by atoms with Gasteiger partial charge in [-0.2, -0.15) is 0 Å². The van der Waals surface area contributed by atoms with E-state index in [0.29, 0.717) is 18.5 Å². The Morgan fingerprint density at radius 1 is 1.36 bits per heavy atom. The third kappa shape index (κ3) is 2.34. The normalized spacial score (nSPS) is 18.8. The minimum Gasteiger partial charge on any atom is -0.370 e. The zero-order chi connectivity index (χ0) is 15.1. The molecule has 1 saturated carbocycles. The molecule has 22 heavy (non-hydrogen) atoms. The largest absolute Gasteiger partial charge is 0.370 e. The van der Waals surface area contributed by atoms with Crippen molar-refractivity contribution in [1.82, 2.24) is 14.5 Å². The van der Waals surface area contributed by atoms with Crippen LogP contribution in [0.1, 0.15) is 43.6 Å². The fourth-order valence-electron chi connectivity index (χ4n) is 3.10. The maximum Gasteiger partial charge on any atom is 0.191 e. The number of rotatable bonds is 4. The first-order chi connectivity index (χ1) is 10.8. The predicted molar refractivity (Wildman–Crippen MR) is 88.9 cm³/mol. The number of likely N-dealkylation sites (tertiary alicyclic amines) is 1. The van der Waals surface area contributed by atoms with Gasteiger partial charge in [0.15, 0.2) is 5.96 Å². The first-order valence-electron chi connectivity index (χ1n) is 8.31. The molecule has 2 N–H and O–H groups in total. The number of aliphatic imine (C=N–C) groups is 1. The lowest BCUT2D eigenvalue weighted by atomic mass is 10.2. The Morgan fingerprint density at radius 2 is 2.18 bits per heavy atom. The fourth-order valence-corrected chi connectivity index (χ4v) is 3.10. The van der Waals surface area contributed by atoms with Gasteiger partial charge >= 0.3 is 0 Å². The van der Waals surface area contributed by atoms with Crippen molar-refractivity contribution < 1.29 is 0 Å². The monoisotopic (exact) mass is 297 g/mol. The molecule has 0 atom stereocenters. The number of hydrogen-bond acceptors (Lipinski definition) is 2. The summed E-state index contributed by atoms with van der Waals surface area (Å²) in [6.07, 6.45) is 4.79. The van der Waals surface area contributed by atoms with Gasteiger partial charge in [-0.1, -0.05) is 13.0 Å². The summed E-state index contributed by atoms with van der Waals surface area (Å²) in [5.74, 6) is 1.88. The van der Waals surface area contributed by atoms with Crippen LogP contribution in [0.5, 0.6) is 0 Å². The molecule has 0 radical (unpaired) electrons. The summed E-state index contributed by atoms with van der Waals surface area (Å²) in [6.45, 7) is 4.90. The maximum absolute atomic E-state index is 5.99. The molecule has 5 nitrogen and oxygen atoms in total. The molecule has 116 valence electrons. The summed E-state index contributed by atoms with van der Waals surface area (Å²) in [4.78, 5) is 11.4. The zero-order valence-corrected chi connectivity index (χ0v) is 13.1. The number of guanidine groups is 1. The molecule has 2 heterocycles. The number of aryl methyl sites for hydroxylation is 1. The van der Waals surface area contributed by atoms with Gasteiger partial charge in [0, 0.05) is 25.6 Å². The van der Waals surface area contributed by atoms with Crippen LogP contribution in [0, 0.1) is 0 Å². The summed E-state index contributed by atoms with van der Waals surface area (Å²) in [5, 5.41) is 0. The smallest absolute Gasteiger partial charge is 0.191 e. The molecule has 0 bridgehead atoms. The highest BCUT2D eigenvalue weighted by Crippen LogP contribution is 2.38. The van der Waals surface area contributed by atoms with Crippen LogP contribution in [0.2, 0.25) is 0 Å². The van der Waals surface area contributed by atoms with E-state index in [1.807, 2.05) is 0 Å². The van der Waals surface area contributed by atoms with Crippen molar-refractivity contribution in [2.24, 2.45) is 10.7 Å². The molecule has 1 aliphatic heterocycles. The van der Waals surface area contributed by atoms with Crippen LogP contribution in [0.3, 0.4) is 0 Å². The summed E-state index contributed by atoms with van der Waals surface area (Å²) < 4.78 is 2.43. The lowest BCUT2D eigenvalue weighted by Gasteiger charge is -2.31. The van der Waals surface area contributed by atoms with Crippen LogP contribution in [0.4, 0.5) is 0 Å². The van der Waals surface area contributed by atoms with E-state index in [2.05, 4.69) is 39.6 Å². The Balaban J connectivity index is 1.60. The highest BCUT2D eigenvalue weighted by molar-refractivity contribution is 5.79. The molecule has 0 spiro atoms. The van der Waals surface area contributed by atoms with Gasteiger partial charge in [0.05, 0.1) is 17.6 Å². The summed E-state index contributed by atoms with van der Waals surface area (Å²) in [5.41, 5.74) is 9.54. The zero-order valence-electron chi connectivity index (χ0n) is 13.1. The van der Waals surface area contributed by atoms with Crippen molar-refractivity contribution in [3.8, 4) is 0 Å². The summed E-state index contributed by atoms with van der Waals surface area (Å²) in [6, 6.07) is 7.20. The topological polar surface area (TPSA) is 59.4 Å². The SMILES string of the molecule is CCc1nc2cc(CN=C(N)N3CCC3)ccc2n1C1CC1. The van der Waals surface area contributed by atoms with E-state index in [1.165, 1.54) is 36.2 Å². The molecule has 1 saturated heterocycles. The molecule has 1 aromatic carbocycles. The Bertz CT molecular complexity index is 722. The molecule has 2 fully saturated rings. The second kappa shape index (κ2) is 5.30.